The van der Waals surface area contributed by atoms with Crippen LogP contribution in [0.3, 0.4) is 0 Å². The first-order valence-corrected chi connectivity index (χ1v) is 8.53. The summed E-state index contributed by atoms with van der Waals surface area (Å²) in [6.45, 7) is -1.87. The fourth-order valence-electron chi connectivity index (χ4n) is 3.05. The molecule has 3 aromatic carbocycles. The smallest absolute Gasteiger partial charge is 0.310 e. The van der Waals surface area contributed by atoms with E-state index in [2.05, 4.69) is 5.32 Å². The Kier molecular flexibility index (Phi) is 4.51. The first-order valence-electron chi connectivity index (χ1n) is 10.0. The van der Waals surface area contributed by atoms with Gasteiger partial charge in [0.15, 0.2) is 0 Å². The van der Waals surface area contributed by atoms with Crippen LogP contribution in [0.25, 0.3) is 10.8 Å². The topological polar surface area (TPSA) is 12.0 Å². The van der Waals surface area contributed by atoms with Gasteiger partial charge in [0.2, 0.25) is 0 Å². The highest BCUT2D eigenvalue weighted by Crippen LogP contribution is 2.29. The Bertz CT molecular complexity index is 962. The van der Waals surface area contributed by atoms with E-state index in [4.69, 9.17) is 4.11 Å². The molecule has 0 aliphatic rings. The summed E-state index contributed by atoms with van der Waals surface area (Å²) in [5.74, 6) is 0. The fraction of sp³-hybridized carbons (Fsp3) is 0.273. The van der Waals surface area contributed by atoms with Crippen molar-refractivity contribution < 1.29 is 17.3 Å². The van der Waals surface area contributed by atoms with Crippen molar-refractivity contribution in [2.45, 2.75) is 31.9 Å². The Morgan fingerprint density at radius 3 is 2.58 bits per heavy atom. The molecule has 0 heterocycles. The van der Waals surface area contributed by atoms with Gasteiger partial charge in [-0.2, -0.15) is 13.2 Å². The van der Waals surface area contributed by atoms with Gasteiger partial charge in [-0.05, 0) is 54.2 Å². The zero-order valence-electron chi connectivity index (χ0n) is 17.2. The number of hydrogen-bond acceptors (Lipinski definition) is 1. The Morgan fingerprint density at radius 2 is 1.77 bits per heavy atom. The minimum atomic E-state index is -4.37. The van der Waals surface area contributed by atoms with Crippen LogP contribution < -0.4 is 5.32 Å². The lowest BCUT2D eigenvalue weighted by atomic mass is 9.99. The number of alkyl halides is 3. The maximum absolute atomic E-state index is 12.8. The molecule has 4 heteroatoms. The van der Waals surface area contributed by atoms with Crippen LogP contribution >= 0.6 is 0 Å². The molecular weight excluding hydrogens is 335 g/mol. The van der Waals surface area contributed by atoms with Crippen LogP contribution in [0.15, 0.2) is 66.7 Å². The largest absolute Gasteiger partial charge is 0.416 e. The third-order valence-electron chi connectivity index (χ3n) is 4.38. The van der Waals surface area contributed by atoms with E-state index >= 15 is 0 Å². The summed E-state index contributed by atoms with van der Waals surface area (Å²) in [5, 5.41) is 4.94. The van der Waals surface area contributed by atoms with Gasteiger partial charge in [0, 0.05) is 10.2 Å². The van der Waals surface area contributed by atoms with Crippen LogP contribution in [0.1, 0.15) is 40.1 Å². The van der Waals surface area contributed by atoms with E-state index in [1.54, 1.807) is 12.1 Å². The second kappa shape index (κ2) is 7.92. The van der Waals surface area contributed by atoms with Crippen molar-refractivity contribution >= 4 is 10.8 Å². The monoisotopic (exact) mass is 360 g/mol. The fourth-order valence-corrected chi connectivity index (χ4v) is 3.05. The summed E-state index contributed by atoms with van der Waals surface area (Å²) < 4.78 is 62.3. The van der Waals surface area contributed by atoms with Crippen molar-refractivity contribution in [3.63, 3.8) is 0 Å². The van der Waals surface area contributed by atoms with E-state index in [-0.39, 0.29) is 0 Å². The van der Waals surface area contributed by atoms with Crippen molar-refractivity contribution in [1.82, 2.24) is 5.32 Å². The molecule has 0 saturated carbocycles. The molecule has 0 amide bonds. The predicted octanol–water partition coefficient (Wildman–Crippen LogP) is 6.14. The summed E-state index contributed by atoms with van der Waals surface area (Å²) in [7, 11) is 0. The van der Waals surface area contributed by atoms with E-state index in [1.807, 2.05) is 36.4 Å². The molecule has 0 saturated heterocycles. The third kappa shape index (κ3) is 4.44. The molecule has 0 aliphatic heterocycles. The normalized spacial score (nSPS) is 15.3. The Morgan fingerprint density at radius 1 is 1.00 bits per heavy atom. The lowest BCUT2D eigenvalue weighted by molar-refractivity contribution is -0.137. The molecule has 1 nitrogen and oxygen atoms in total. The summed E-state index contributed by atoms with van der Waals surface area (Å²) in [6, 6.07) is 17.6. The van der Waals surface area contributed by atoms with E-state index in [0.717, 1.165) is 22.9 Å². The molecule has 0 fully saturated rings. The van der Waals surface area contributed by atoms with E-state index in [9.17, 15) is 13.2 Å². The highest BCUT2D eigenvalue weighted by atomic mass is 19.4. The lowest BCUT2D eigenvalue weighted by Crippen LogP contribution is -2.20. The number of fused-ring (bicyclic) bond motifs is 1. The molecule has 3 aromatic rings. The van der Waals surface area contributed by atoms with Gasteiger partial charge in [0.1, 0.15) is 0 Å². The number of hydrogen-bond donors (Lipinski definition) is 1. The number of halogens is 3. The molecular formula is C22H22F3N. The zero-order chi connectivity index (χ0) is 21.1. The molecule has 136 valence electrons. The van der Waals surface area contributed by atoms with Crippen LogP contribution in [0, 0.1) is 0 Å². The first kappa shape index (κ1) is 14.8. The highest BCUT2D eigenvalue weighted by molar-refractivity contribution is 5.86. The summed E-state index contributed by atoms with van der Waals surface area (Å²) in [4.78, 5) is 0. The van der Waals surface area contributed by atoms with Gasteiger partial charge in [-0.15, -0.1) is 0 Å². The van der Waals surface area contributed by atoms with Gasteiger partial charge in [-0.1, -0.05) is 60.7 Å². The number of benzene rings is 3. The Labute approximate surface area is 156 Å². The molecule has 26 heavy (non-hydrogen) atoms. The quantitative estimate of drug-likeness (QED) is 0.521. The molecule has 0 spiro atoms. The zero-order valence-corrected chi connectivity index (χ0v) is 14.2. The van der Waals surface area contributed by atoms with E-state index in [1.165, 1.54) is 6.07 Å². The molecule has 3 rings (SSSR count). The summed E-state index contributed by atoms with van der Waals surface area (Å²) >= 11 is 0. The molecule has 0 radical (unpaired) electrons. The summed E-state index contributed by atoms with van der Waals surface area (Å²) in [5.41, 5.74) is 0.610. The maximum atomic E-state index is 12.8. The molecule has 1 atom stereocenters. The third-order valence-corrected chi connectivity index (χ3v) is 4.38. The average molecular weight is 360 g/mol. The van der Waals surface area contributed by atoms with Crippen molar-refractivity contribution in [1.29, 1.82) is 0 Å². The van der Waals surface area contributed by atoms with Crippen LogP contribution in [-0.4, -0.2) is 6.54 Å². The van der Waals surface area contributed by atoms with Gasteiger partial charge in [-0.25, -0.2) is 0 Å². The second-order valence-electron chi connectivity index (χ2n) is 6.26. The van der Waals surface area contributed by atoms with Gasteiger partial charge in [0.05, 0.1) is 5.56 Å². The number of rotatable bonds is 6. The SMILES string of the molecule is [2H]C([2H])([2H])[C@@H](NCCCc1cccc(C(F)(F)F)c1)c1cccc2ccccc12. The predicted molar refractivity (Wildman–Crippen MR) is 100 cm³/mol. The molecule has 0 unspecified atom stereocenters. The Balaban J connectivity index is 1.70. The van der Waals surface area contributed by atoms with Crippen LogP contribution in [0.5, 0.6) is 0 Å². The maximum Gasteiger partial charge on any atom is 0.416 e. The van der Waals surface area contributed by atoms with Crippen molar-refractivity contribution in [2.24, 2.45) is 0 Å². The van der Waals surface area contributed by atoms with Crippen LogP contribution in [0.4, 0.5) is 13.2 Å². The minimum Gasteiger partial charge on any atom is -0.310 e. The van der Waals surface area contributed by atoms with Crippen molar-refractivity contribution in [2.75, 3.05) is 6.54 Å². The molecule has 0 aliphatic carbocycles. The Hall–Kier alpha value is -2.33. The van der Waals surface area contributed by atoms with Gasteiger partial charge >= 0.3 is 6.18 Å². The van der Waals surface area contributed by atoms with Crippen molar-refractivity contribution in [3.8, 4) is 0 Å². The second-order valence-corrected chi connectivity index (χ2v) is 6.26. The van der Waals surface area contributed by atoms with Crippen LogP contribution in [0.2, 0.25) is 0 Å². The van der Waals surface area contributed by atoms with E-state index < -0.39 is 24.6 Å². The van der Waals surface area contributed by atoms with Crippen molar-refractivity contribution in [3.05, 3.63) is 83.4 Å². The highest BCUT2D eigenvalue weighted by Gasteiger charge is 2.30. The summed E-state index contributed by atoms with van der Waals surface area (Å²) in [6.07, 6.45) is -3.41. The van der Waals surface area contributed by atoms with E-state index in [0.29, 0.717) is 30.5 Å². The van der Waals surface area contributed by atoms with Gasteiger partial charge in [-0.3, -0.25) is 0 Å². The molecule has 1 N–H and O–H groups in total. The molecule has 0 aromatic heterocycles. The average Bonchev–Trinajstić information content (AvgIpc) is 2.66. The molecule has 0 bridgehead atoms. The standard InChI is InChI=1S/C22H22F3N/c1-16(20-13-5-10-18-9-2-3-12-21(18)20)26-14-6-8-17-7-4-11-19(15-17)22(23,24)25/h2-5,7,9-13,15-16,26H,6,8,14H2,1H3/t16-/m1/s1/i1D3. The lowest BCUT2D eigenvalue weighted by Gasteiger charge is -2.17. The first-order chi connectivity index (χ1) is 13.7. The number of aryl methyl sites for hydroxylation is 1. The van der Waals surface area contributed by atoms with Gasteiger partial charge < -0.3 is 5.32 Å². The van der Waals surface area contributed by atoms with Gasteiger partial charge in [0.25, 0.3) is 0 Å². The minimum absolute atomic E-state index is 0.378. The van der Waals surface area contributed by atoms with Crippen LogP contribution in [-0.2, 0) is 12.6 Å². The number of nitrogens with one attached hydrogen (secondary N) is 1.